The van der Waals surface area contributed by atoms with Crippen LogP contribution in [0.25, 0.3) is 0 Å². The predicted molar refractivity (Wildman–Crippen MR) is 128 cm³/mol. The molecule has 1 aliphatic rings. The molecule has 3 amide bonds. The lowest BCUT2D eigenvalue weighted by Crippen LogP contribution is -2.58. The van der Waals surface area contributed by atoms with Gasteiger partial charge in [-0.2, -0.15) is 0 Å². The molecule has 198 valence electrons. The van der Waals surface area contributed by atoms with E-state index in [2.05, 4.69) is 10.6 Å². The van der Waals surface area contributed by atoms with Crippen LogP contribution in [0.5, 0.6) is 5.75 Å². The Kier molecular flexibility index (Phi) is 10.2. The number of carbonyl (C=O) groups is 5. The second-order valence-corrected chi connectivity index (χ2v) is 9.23. The number of nitrogens with zero attached hydrogens (tertiary/aromatic N) is 1. The topological polar surface area (TPSA) is 199 Å². The standard InChI is InChI=1S/C24H34N4O8/c1-13(2)20(22(33)26-17(24(35)36)12-14-5-7-15(29)8-6-14)27-21(32)18-4-3-11-28(18)23(34)16(25)9-10-19(30)31/h5-8,13,16-18,20,29H,3-4,9-12,25H2,1-2H3,(H,26,33)(H,27,32)(H,30,31)(H,35,36). The molecule has 0 aliphatic carbocycles. The number of hydrogen-bond acceptors (Lipinski definition) is 7. The molecule has 4 atom stereocenters. The Labute approximate surface area is 208 Å². The van der Waals surface area contributed by atoms with Crippen molar-refractivity contribution < 1.29 is 39.3 Å². The highest BCUT2D eigenvalue weighted by atomic mass is 16.4. The average molecular weight is 507 g/mol. The number of benzene rings is 1. The second-order valence-electron chi connectivity index (χ2n) is 9.23. The van der Waals surface area contributed by atoms with Gasteiger partial charge in [0.15, 0.2) is 0 Å². The zero-order valence-corrected chi connectivity index (χ0v) is 20.3. The van der Waals surface area contributed by atoms with Crippen molar-refractivity contribution in [3.8, 4) is 5.75 Å². The zero-order chi connectivity index (χ0) is 27.0. The predicted octanol–water partition coefficient (Wildman–Crippen LogP) is -0.172. The number of rotatable bonds is 12. The molecule has 0 bridgehead atoms. The fourth-order valence-corrected chi connectivity index (χ4v) is 4.03. The summed E-state index contributed by atoms with van der Waals surface area (Å²) >= 11 is 0. The lowest BCUT2D eigenvalue weighted by Gasteiger charge is -2.29. The van der Waals surface area contributed by atoms with Crippen LogP contribution in [-0.4, -0.2) is 80.6 Å². The molecular formula is C24H34N4O8. The number of amides is 3. The minimum Gasteiger partial charge on any atom is -0.508 e. The Morgan fingerprint density at radius 2 is 1.72 bits per heavy atom. The number of phenols is 1. The molecule has 1 aromatic carbocycles. The maximum atomic E-state index is 13.1. The summed E-state index contributed by atoms with van der Waals surface area (Å²) in [5, 5.41) is 32.9. The van der Waals surface area contributed by atoms with E-state index in [1.54, 1.807) is 26.0 Å². The van der Waals surface area contributed by atoms with Gasteiger partial charge in [-0.1, -0.05) is 26.0 Å². The van der Waals surface area contributed by atoms with Crippen molar-refractivity contribution in [2.75, 3.05) is 6.54 Å². The molecule has 7 N–H and O–H groups in total. The molecule has 1 aromatic rings. The first-order chi connectivity index (χ1) is 16.9. The van der Waals surface area contributed by atoms with E-state index in [1.165, 1.54) is 17.0 Å². The summed E-state index contributed by atoms with van der Waals surface area (Å²) in [5.74, 6) is -4.47. The molecule has 0 radical (unpaired) electrons. The van der Waals surface area contributed by atoms with E-state index in [0.29, 0.717) is 18.4 Å². The van der Waals surface area contributed by atoms with Gasteiger partial charge >= 0.3 is 11.9 Å². The number of nitrogens with one attached hydrogen (secondary N) is 2. The average Bonchev–Trinajstić information content (AvgIpc) is 3.30. The van der Waals surface area contributed by atoms with Crippen LogP contribution in [0.15, 0.2) is 24.3 Å². The van der Waals surface area contributed by atoms with Crippen molar-refractivity contribution in [3.05, 3.63) is 29.8 Å². The SMILES string of the molecule is CC(C)C(NC(=O)C1CCCN1C(=O)C(N)CCC(=O)O)C(=O)NC(Cc1ccc(O)cc1)C(=O)O. The summed E-state index contributed by atoms with van der Waals surface area (Å²) in [6.45, 7) is 3.67. The van der Waals surface area contributed by atoms with Crippen LogP contribution in [0.3, 0.4) is 0 Å². The van der Waals surface area contributed by atoms with Gasteiger partial charge in [0.2, 0.25) is 17.7 Å². The third-order valence-corrected chi connectivity index (χ3v) is 6.06. The molecule has 1 fully saturated rings. The van der Waals surface area contributed by atoms with Crippen LogP contribution in [0, 0.1) is 5.92 Å². The number of hydrogen-bond donors (Lipinski definition) is 6. The van der Waals surface area contributed by atoms with Gasteiger partial charge in [0, 0.05) is 19.4 Å². The smallest absolute Gasteiger partial charge is 0.326 e. The Bertz CT molecular complexity index is 965. The Morgan fingerprint density at radius 1 is 1.08 bits per heavy atom. The van der Waals surface area contributed by atoms with Crippen molar-refractivity contribution in [1.29, 1.82) is 0 Å². The van der Waals surface area contributed by atoms with E-state index in [0.717, 1.165) is 0 Å². The highest BCUT2D eigenvalue weighted by molar-refractivity contribution is 5.94. The molecule has 4 unspecified atom stereocenters. The lowest BCUT2D eigenvalue weighted by atomic mass is 10.0. The van der Waals surface area contributed by atoms with Gasteiger partial charge in [-0.25, -0.2) is 4.79 Å². The molecule has 0 spiro atoms. The van der Waals surface area contributed by atoms with E-state index >= 15 is 0 Å². The summed E-state index contributed by atoms with van der Waals surface area (Å²) in [6, 6.07) is 1.67. The van der Waals surface area contributed by atoms with Crippen LogP contribution in [0.2, 0.25) is 0 Å². The molecule has 36 heavy (non-hydrogen) atoms. The van der Waals surface area contributed by atoms with Gasteiger partial charge in [-0.05, 0) is 42.9 Å². The molecule has 1 saturated heterocycles. The first-order valence-corrected chi connectivity index (χ1v) is 11.8. The molecule has 1 aliphatic heterocycles. The number of likely N-dealkylation sites (tertiary alicyclic amines) is 1. The molecule has 1 heterocycles. The van der Waals surface area contributed by atoms with Crippen molar-refractivity contribution in [3.63, 3.8) is 0 Å². The van der Waals surface area contributed by atoms with Crippen LogP contribution < -0.4 is 16.4 Å². The van der Waals surface area contributed by atoms with E-state index in [1.807, 2.05) is 0 Å². The van der Waals surface area contributed by atoms with E-state index in [-0.39, 0.29) is 37.5 Å². The summed E-state index contributed by atoms with van der Waals surface area (Å²) in [4.78, 5) is 62.6. The fourth-order valence-electron chi connectivity index (χ4n) is 4.03. The van der Waals surface area contributed by atoms with Crippen LogP contribution in [0.1, 0.15) is 45.1 Å². The second kappa shape index (κ2) is 12.9. The van der Waals surface area contributed by atoms with Crippen LogP contribution >= 0.6 is 0 Å². The number of carboxylic acid groups (broad SMARTS) is 2. The summed E-state index contributed by atoms with van der Waals surface area (Å²) in [7, 11) is 0. The van der Waals surface area contributed by atoms with Gasteiger partial charge < -0.3 is 36.6 Å². The maximum Gasteiger partial charge on any atom is 0.326 e. The van der Waals surface area contributed by atoms with Gasteiger partial charge in [-0.15, -0.1) is 0 Å². The normalized spacial score (nSPS) is 17.8. The molecule has 12 nitrogen and oxygen atoms in total. The van der Waals surface area contributed by atoms with Gasteiger partial charge in [0.1, 0.15) is 23.9 Å². The number of phenolic OH excluding ortho intramolecular Hbond substituents is 1. The van der Waals surface area contributed by atoms with E-state index in [4.69, 9.17) is 10.8 Å². The van der Waals surface area contributed by atoms with Crippen molar-refractivity contribution in [2.24, 2.45) is 11.7 Å². The van der Waals surface area contributed by atoms with Crippen molar-refractivity contribution in [1.82, 2.24) is 15.5 Å². The molecule has 0 aromatic heterocycles. The first kappa shape index (κ1) is 28.6. The molecule has 12 heteroatoms. The van der Waals surface area contributed by atoms with Gasteiger partial charge in [0.05, 0.1) is 6.04 Å². The van der Waals surface area contributed by atoms with E-state index < -0.39 is 53.8 Å². The largest absolute Gasteiger partial charge is 0.508 e. The first-order valence-electron chi connectivity index (χ1n) is 11.8. The zero-order valence-electron chi connectivity index (χ0n) is 20.3. The van der Waals surface area contributed by atoms with Gasteiger partial charge in [-0.3, -0.25) is 19.2 Å². The quantitative estimate of drug-likeness (QED) is 0.223. The summed E-state index contributed by atoms with van der Waals surface area (Å²) in [5.41, 5.74) is 6.43. The maximum absolute atomic E-state index is 13.1. The van der Waals surface area contributed by atoms with Gasteiger partial charge in [0.25, 0.3) is 0 Å². The minimum absolute atomic E-state index is 0.0273. The number of nitrogens with two attached hydrogens (primary N) is 1. The number of aromatic hydroxyl groups is 1. The Hall–Kier alpha value is -3.67. The minimum atomic E-state index is -1.27. The number of carboxylic acids is 2. The lowest BCUT2D eigenvalue weighted by molar-refractivity contribution is -0.143. The number of aliphatic carboxylic acids is 2. The summed E-state index contributed by atoms with van der Waals surface area (Å²) < 4.78 is 0. The fraction of sp³-hybridized carbons (Fsp3) is 0.542. The van der Waals surface area contributed by atoms with Crippen LogP contribution in [0.4, 0.5) is 0 Å². The van der Waals surface area contributed by atoms with Crippen LogP contribution in [-0.2, 0) is 30.4 Å². The molecular weight excluding hydrogens is 472 g/mol. The Morgan fingerprint density at radius 3 is 2.28 bits per heavy atom. The third kappa shape index (κ3) is 7.94. The highest BCUT2D eigenvalue weighted by Crippen LogP contribution is 2.20. The van der Waals surface area contributed by atoms with E-state index in [9.17, 15) is 34.2 Å². The summed E-state index contributed by atoms with van der Waals surface area (Å²) in [6.07, 6.45) is 0.533. The Balaban J connectivity index is 2.06. The van der Waals surface area contributed by atoms with Crippen molar-refractivity contribution in [2.45, 2.75) is 70.1 Å². The third-order valence-electron chi connectivity index (χ3n) is 6.06. The highest BCUT2D eigenvalue weighted by Gasteiger charge is 2.38. The number of carbonyl (C=O) groups excluding carboxylic acids is 3. The monoisotopic (exact) mass is 506 g/mol. The molecule has 0 saturated carbocycles. The van der Waals surface area contributed by atoms with Crippen molar-refractivity contribution >= 4 is 29.7 Å². The molecule has 2 rings (SSSR count).